The molecule has 0 aliphatic carbocycles. The third kappa shape index (κ3) is 3.93. The van der Waals surface area contributed by atoms with Crippen molar-refractivity contribution in [2.45, 2.75) is 0 Å². The van der Waals surface area contributed by atoms with Gasteiger partial charge < -0.3 is 0 Å². The number of hydrogen-bond acceptors (Lipinski definition) is 6. The van der Waals surface area contributed by atoms with E-state index in [1.54, 1.807) is 17.0 Å². The number of nitrogens with zero attached hydrogens (tertiary/aromatic N) is 5. The molecule has 37 heavy (non-hydrogen) atoms. The lowest BCUT2D eigenvalue weighted by atomic mass is 10.0. The van der Waals surface area contributed by atoms with Gasteiger partial charge in [-0.1, -0.05) is 90.2 Å². The van der Waals surface area contributed by atoms with Crippen LogP contribution in [0.4, 0.5) is 0 Å². The van der Waals surface area contributed by atoms with Crippen LogP contribution in [-0.4, -0.2) is 19.2 Å². The molecule has 0 atom stereocenters. The Labute approximate surface area is 214 Å². The number of rotatable bonds is 4. The maximum absolute atomic E-state index is 13.4. The molecule has 8 heteroatoms. The first-order valence-electron chi connectivity index (χ1n) is 11.4. The van der Waals surface area contributed by atoms with Gasteiger partial charge >= 0.3 is 0 Å². The van der Waals surface area contributed by atoms with Crippen LogP contribution in [0.25, 0.3) is 39.2 Å². The van der Waals surface area contributed by atoms with Crippen molar-refractivity contribution in [3.8, 4) is 34.3 Å². The first-order valence-corrected chi connectivity index (χ1v) is 12.2. The molecule has 0 saturated heterocycles. The summed E-state index contributed by atoms with van der Waals surface area (Å²) in [6.45, 7) is 0. The molecule has 0 radical (unpaired) electrons. The molecule has 0 aliphatic heterocycles. The third-order valence-electron chi connectivity index (χ3n) is 5.91. The molecule has 0 spiro atoms. The zero-order valence-corrected chi connectivity index (χ0v) is 20.1. The largest absolute Gasteiger partial charge is 0.280 e. The van der Waals surface area contributed by atoms with Crippen molar-refractivity contribution in [3.05, 3.63) is 134 Å². The maximum Gasteiger partial charge on any atom is 0.280 e. The van der Waals surface area contributed by atoms with Crippen LogP contribution in [0.15, 0.2) is 107 Å². The lowest BCUT2D eigenvalue weighted by Crippen LogP contribution is -2.32. The first-order chi connectivity index (χ1) is 18.1. The van der Waals surface area contributed by atoms with E-state index >= 15 is 0 Å². The van der Waals surface area contributed by atoms with Crippen LogP contribution >= 0.6 is 11.3 Å². The Bertz CT molecular complexity index is 1970. The molecule has 0 N–H and O–H groups in total. The van der Waals surface area contributed by atoms with Crippen molar-refractivity contribution in [2.24, 2.45) is 0 Å². The number of thiazole rings is 1. The minimum Gasteiger partial charge on any atom is -0.267 e. The van der Waals surface area contributed by atoms with E-state index in [2.05, 4.69) is 4.98 Å². The van der Waals surface area contributed by atoms with E-state index in [4.69, 9.17) is 5.10 Å². The second kappa shape index (κ2) is 9.15. The molecule has 3 aromatic heterocycles. The minimum atomic E-state index is -0.692. The van der Waals surface area contributed by atoms with Crippen molar-refractivity contribution in [1.82, 2.24) is 19.2 Å². The molecular weight excluding hydrogens is 482 g/mol. The van der Waals surface area contributed by atoms with E-state index in [-0.39, 0.29) is 16.2 Å². The Morgan fingerprint density at radius 2 is 1.46 bits per heavy atom. The fourth-order valence-electron chi connectivity index (χ4n) is 4.16. The second-order valence-corrected chi connectivity index (χ2v) is 9.24. The number of hydrogen-bond donors (Lipinski definition) is 0. The van der Waals surface area contributed by atoms with E-state index in [1.165, 1.54) is 0 Å². The zero-order chi connectivity index (χ0) is 25.4. The predicted octanol–water partition coefficient (Wildman–Crippen LogP) is 4.06. The highest BCUT2D eigenvalue weighted by Gasteiger charge is 2.23. The highest BCUT2D eigenvalue weighted by Crippen LogP contribution is 2.32. The number of aromatic nitrogens is 4. The minimum absolute atomic E-state index is 0.195. The van der Waals surface area contributed by atoms with Crippen LogP contribution in [0, 0.1) is 11.3 Å². The number of nitriles is 1. The van der Waals surface area contributed by atoms with E-state index in [1.807, 2.05) is 97.1 Å². The highest BCUT2D eigenvalue weighted by atomic mass is 32.1. The lowest BCUT2D eigenvalue weighted by molar-refractivity contribution is 0.884. The Kier molecular flexibility index (Phi) is 5.52. The molecular formula is C29H17N5O2S. The first kappa shape index (κ1) is 22.3. The number of para-hydroxylation sites is 1. The Hall–Kier alpha value is -5.13. The molecule has 7 nitrogen and oxygen atoms in total. The Morgan fingerprint density at radius 1 is 0.811 bits per heavy atom. The molecule has 6 aromatic rings. The van der Waals surface area contributed by atoms with Crippen LogP contribution in [-0.2, 0) is 0 Å². The summed E-state index contributed by atoms with van der Waals surface area (Å²) < 4.78 is 3.04. The number of benzene rings is 3. The summed E-state index contributed by atoms with van der Waals surface area (Å²) in [6.07, 6.45) is 3.48. The highest BCUT2D eigenvalue weighted by molar-refractivity contribution is 7.15. The van der Waals surface area contributed by atoms with E-state index < -0.39 is 11.1 Å². The van der Waals surface area contributed by atoms with Crippen molar-refractivity contribution in [3.63, 3.8) is 0 Å². The van der Waals surface area contributed by atoms with Crippen LogP contribution in [0.1, 0.15) is 11.1 Å². The van der Waals surface area contributed by atoms with E-state index in [0.29, 0.717) is 15.8 Å². The number of fused-ring (bicyclic) bond motifs is 1. The van der Waals surface area contributed by atoms with Crippen molar-refractivity contribution < 1.29 is 0 Å². The van der Waals surface area contributed by atoms with Gasteiger partial charge in [0.15, 0.2) is 0 Å². The van der Waals surface area contributed by atoms with Gasteiger partial charge in [-0.3, -0.25) is 9.59 Å². The summed E-state index contributed by atoms with van der Waals surface area (Å²) in [4.78, 5) is 31.5. The molecule has 176 valence electrons. The zero-order valence-electron chi connectivity index (χ0n) is 19.3. The van der Waals surface area contributed by atoms with E-state index in [0.717, 1.165) is 32.6 Å². The molecule has 3 heterocycles. The fourth-order valence-corrected chi connectivity index (χ4v) is 5.12. The van der Waals surface area contributed by atoms with Crippen LogP contribution in [0.2, 0.25) is 0 Å². The molecule has 0 aliphatic rings. The van der Waals surface area contributed by atoms with Crippen LogP contribution < -0.4 is 15.7 Å². The van der Waals surface area contributed by atoms with Gasteiger partial charge in [0.2, 0.25) is 4.96 Å². The summed E-state index contributed by atoms with van der Waals surface area (Å²) in [5, 5.41) is 14.8. The summed E-state index contributed by atoms with van der Waals surface area (Å²) in [5.74, 6) is 0. The SMILES string of the molecule is N#Cc1c(-c2cn(-c3ccccc3)nc2-c2ccccc2)nc2s/c(=C/c3ccccc3)c(=O)n2c1=O. The quantitative estimate of drug-likeness (QED) is 0.365. The molecule has 0 amide bonds. The summed E-state index contributed by atoms with van der Waals surface area (Å²) in [7, 11) is 0. The summed E-state index contributed by atoms with van der Waals surface area (Å²) >= 11 is 1.11. The van der Waals surface area contributed by atoms with Crippen LogP contribution in [0.5, 0.6) is 0 Å². The van der Waals surface area contributed by atoms with Gasteiger partial charge in [0, 0.05) is 17.3 Å². The standard InChI is InChI=1S/C29H17N5O2S/c30-17-22-26(31-29-34(27(22)35)28(36)24(37-29)16-19-10-4-1-5-11-19)23-18-33(21-14-8-3-9-15-21)32-25(23)20-12-6-2-7-13-20/h1-16,18H/b24-16+. The molecule has 3 aromatic carbocycles. The molecule has 0 saturated carbocycles. The molecule has 6 rings (SSSR count). The lowest BCUT2D eigenvalue weighted by Gasteiger charge is -2.04. The third-order valence-corrected chi connectivity index (χ3v) is 6.88. The van der Waals surface area contributed by atoms with Crippen molar-refractivity contribution >= 4 is 22.4 Å². The predicted molar refractivity (Wildman–Crippen MR) is 144 cm³/mol. The van der Waals surface area contributed by atoms with Gasteiger partial charge in [0.25, 0.3) is 11.1 Å². The Balaban J connectivity index is 1.64. The van der Waals surface area contributed by atoms with Gasteiger partial charge in [-0.15, -0.1) is 0 Å². The average molecular weight is 500 g/mol. The Morgan fingerprint density at radius 3 is 2.14 bits per heavy atom. The molecule has 0 bridgehead atoms. The summed E-state index contributed by atoms with van der Waals surface area (Å²) in [5.41, 5.74) is 2.37. The second-order valence-electron chi connectivity index (χ2n) is 8.23. The smallest absolute Gasteiger partial charge is 0.267 e. The molecule has 0 unspecified atom stereocenters. The van der Waals surface area contributed by atoms with Gasteiger partial charge in [-0.05, 0) is 23.8 Å². The normalized spacial score (nSPS) is 11.6. The topological polar surface area (TPSA) is 93.0 Å². The van der Waals surface area contributed by atoms with Crippen molar-refractivity contribution in [1.29, 1.82) is 5.26 Å². The van der Waals surface area contributed by atoms with Crippen LogP contribution in [0.3, 0.4) is 0 Å². The fraction of sp³-hybridized carbons (Fsp3) is 0. The van der Waals surface area contributed by atoms with Gasteiger partial charge in [-0.2, -0.15) is 10.4 Å². The van der Waals surface area contributed by atoms with Gasteiger partial charge in [-0.25, -0.2) is 14.1 Å². The van der Waals surface area contributed by atoms with Gasteiger partial charge in [0.05, 0.1) is 10.2 Å². The molecule has 0 fully saturated rings. The summed E-state index contributed by atoms with van der Waals surface area (Å²) in [6, 6.07) is 30.4. The average Bonchev–Trinajstić information content (AvgIpc) is 3.52. The van der Waals surface area contributed by atoms with E-state index in [9.17, 15) is 14.9 Å². The monoisotopic (exact) mass is 499 g/mol. The maximum atomic E-state index is 13.4. The van der Waals surface area contributed by atoms with Crippen molar-refractivity contribution in [2.75, 3.05) is 0 Å². The van der Waals surface area contributed by atoms with Gasteiger partial charge in [0.1, 0.15) is 23.0 Å².